The quantitative estimate of drug-likeness (QED) is 0.194. The van der Waals surface area contributed by atoms with Gasteiger partial charge >= 0.3 is 0 Å². The second-order valence-electron chi connectivity index (χ2n) is 8.86. The zero-order valence-electron chi connectivity index (χ0n) is 22.2. The predicted octanol–water partition coefficient (Wildman–Crippen LogP) is 5.78. The van der Waals surface area contributed by atoms with Gasteiger partial charge in [-0.1, -0.05) is 54.9 Å². The molecule has 0 aliphatic carbocycles. The zero-order chi connectivity index (χ0) is 28.1. The van der Waals surface area contributed by atoms with E-state index < -0.39 is 23.5 Å². The van der Waals surface area contributed by atoms with E-state index in [1.807, 2.05) is 37.3 Å². The van der Waals surface area contributed by atoms with Crippen molar-refractivity contribution in [1.29, 1.82) is 0 Å². The smallest absolute Gasteiger partial charge is 0.295 e. The van der Waals surface area contributed by atoms with Crippen LogP contribution in [0, 0.1) is 0 Å². The second kappa shape index (κ2) is 12.1. The first-order valence-corrected chi connectivity index (χ1v) is 12.8. The van der Waals surface area contributed by atoms with Crippen LogP contribution in [-0.2, 0) is 16.2 Å². The van der Waals surface area contributed by atoms with Gasteiger partial charge < -0.3 is 29.0 Å². The largest absolute Gasteiger partial charge is 0.507 e. The van der Waals surface area contributed by atoms with Crippen LogP contribution < -0.4 is 18.9 Å². The maximum Gasteiger partial charge on any atom is 0.295 e. The van der Waals surface area contributed by atoms with Gasteiger partial charge in [-0.3, -0.25) is 9.59 Å². The number of hydrogen-bond donors (Lipinski definition) is 1. The van der Waals surface area contributed by atoms with Gasteiger partial charge in [0, 0.05) is 12.6 Å². The molecule has 39 heavy (non-hydrogen) atoms. The zero-order valence-corrected chi connectivity index (χ0v) is 22.9. The summed E-state index contributed by atoms with van der Waals surface area (Å²) >= 11 is 6.34. The van der Waals surface area contributed by atoms with Crippen molar-refractivity contribution in [3.8, 4) is 23.0 Å². The van der Waals surface area contributed by atoms with Crippen molar-refractivity contribution in [3.05, 3.63) is 87.9 Å². The lowest BCUT2D eigenvalue weighted by Crippen LogP contribution is -2.30. The highest BCUT2D eigenvalue weighted by Crippen LogP contribution is 2.44. The van der Waals surface area contributed by atoms with Gasteiger partial charge in [0.25, 0.3) is 11.7 Å². The molecule has 1 heterocycles. The minimum absolute atomic E-state index is 0.0767. The van der Waals surface area contributed by atoms with Crippen molar-refractivity contribution in [2.45, 2.75) is 26.0 Å². The van der Waals surface area contributed by atoms with Gasteiger partial charge in [0.1, 0.15) is 23.9 Å². The third kappa shape index (κ3) is 5.52. The van der Waals surface area contributed by atoms with Crippen LogP contribution in [0.2, 0.25) is 5.02 Å². The Morgan fingerprint density at radius 3 is 2.23 bits per heavy atom. The van der Waals surface area contributed by atoms with Crippen molar-refractivity contribution < 1.29 is 33.6 Å². The number of nitrogens with zero attached hydrogens (tertiary/aromatic N) is 1. The first kappa shape index (κ1) is 27.9. The average molecular weight is 552 g/mol. The maximum atomic E-state index is 13.4. The van der Waals surface area contributed by atoms with Crippen molar-refractivity contribution in [1.82, 2.24) is 4.90 Å². The normalized spacial score (nSPS) is 16.3. The summed E-state index contributed by atoms with van der Waals surface area (Å²) in [7, 11) is 4.41. The highest BCUT2D eigenvalue weighted by molar-refractivity contribution is 6.46. The molecule has 0 aromatic heterocycles. The van der Waals surface area contributed by atoms with Crippen molar-refractivity contribution in [3.63, 3.8) is 0 Å². The van der Waals surface area contributed by atoms with Crippen LogP contribution in [0.5, 0.6) is 23.0 Å². The Morgan fingerprint density at radius 1 is 0.897 bits per heavy atom. The molecule has 1 aliphatic rings. The SMILES string of the molecule is CCCN1C(=O)C(=O)/C(=C(/O)c2cc(Cl)c(OC)cc2OC)C1c1ccc(OC)c(OCc2ccccc2)c1. The Hall–Kier alpha value is -4.17. The maximum absolute atomic E-state index is 13.4. The Labute approximate surface area is 232 Å². The number of carbonyl (C=O) groups excluding carboxylic acids is 2. The van der Waals surface area contributed by atoms with Gasteiger partial charge in [0.15, 0.2) is 11.5 Å². The van der Waals surface area contributed by atoms with E-state index in [9.17, 15) is 14.7 Å². The topological polar surface area (TPSA) is 94.5 Å². The number of amides is 1. The Bertz CT molecular complexity index is 1400. The molecule has 3 aromatic rings. The van der Waals surface area contributed by atoms with E-state index in [0.29, 0.717) is 35.8 Å². The average Bonchev–Trinajstić information content (AvgIpc) is 3.21. The summed E-state index contributed by atoms with van der Waals surface area (Å²) in [6, 6.07) is 16.9. The summed E-state index contributed by atoms with van der Waals surface area (Å²) in [5, 5.41) is 11.7. The van der Waals surface area contributed by atoms with E-state index in [0.717, 1.165) is 5.56 Å². The molecule has 1 atom stereocenters. The van der Waals surface area contributed by atoms with E-state index in [1.165, 1.54) is 38.4 Å². The summed E-state index contributed by atoms with van der Waals surface area (Å²) in [5.41, 5.74) is 1.63. The van der Waals surface area contributed by atoms with E-state index in [4.69, 9.17) is 30.5 Å². The van der Waals surface area contributed by atoms with Crippen LogP contribution in [0.3, 0.4) is 0 Å². The van der Waals surface area contributed by atoms with Crippen LogP contribution >= 0.6 is 11.6 Å². The van der Waals surface area contributed by atoms with Crippen LogP contribution in [-0.4, -0.2) is 49.6 Å². The first-order valence-electron chi connectivity index (χ1n) is 12.4. The van der Waals surface area contributed by atoms with E-state index in [-0.39, 0.29) is 28.5 Å². The summed E-state index contributed by atoms with van der Waals surface area (Å²) in [5.74, 6) is -0.413. The number of Topliss-reactive ketones (excluding diaryl/α,β-unsaturated/α-hetero) is 1. The number of aliphatic hydroxyl groups is 1. The van der Waals surface area contributed by atoms with Crippen molar-refractivity contribution in [2.24, 2.45) is 0 Å². The third-order valence-corrected chi connectivity index (χ3v) is 6.77. The standard InChI is InChI=1S/C30H30ClNO7/c1-5-13-32-27(19-11-12-22(36-2)25(14-19)39-17-18-9-7-6-8-10-18)26(29(34)30(32)35)28(33)20-15-21(31)24(38-4)16-23(20)37-3/h6-12,14-16,27,33H,5,13,17H2,1-4H3/b28-26+. The Balaban J connectivity index is 1.85. The molecule has 9 heteroatoms. The molecule has 4 rings (SSSR count). The minimum atomic E-state index is -0.875. The van der Waals surface area contributed by atoms with Crippen LogP contribution in [0.4, 0.5) is 0 Å². The molecule has 0 bridgehead atoms. The Morgan fingerprint density at radius 2 is 1.59 bits per heavy atom. The van der Waals surface area contributed by atoms with Gasteiger partial charge in [-0.05, 0) is 35.7 Å². The molecule has 1 saturated heterocycles. The number of benzene rings is 3. The molecule has 1 N–H and O–H groups in total. The number of likely N-dealkylation sites (tertiary alicyclic amines) is 1. The molecule has 0 spiro atoms. The molecule has 0 radical (unpaired) electrons. The number of ketones is 1. The molecule has 1 amide bonds. The van der Waals surface area contributed by atoms with E-state index in [1.54, 1.807) is 18.2 Å². The number of aliphatic hydroxyl groups excluding tert-OH is 1. The van der Waals surface area contributed by atoms with Crippen molar-refractivity contribution in [2.75, 3.05) is 27.9 Å². The number of ether oxygens (including phenoxy) is 4. The minimum Gasteiger partial charge on any atom is -0.507 e. The fraction of sp³-hybridized carbons (Fsp3) is 0.267. The monoisotopic (exact) mass is 551 g/mol. The molecule has 1 unspecified atom stereocenters. The predicted molar refractivity (Wildman–Crippen MR) is 148 cm³/mol. The molecule has 1 aliphatic heterocycles. The fourth-order valence-corrected chi connectivity index (χ4v) is 4.84. The molecule has 8 nitrogen and oxygen atoms in total. The third-order valence-electron chi connectivity index (χ3n) is 6.47. The van der Waals surface area contributed by atoms with Crippen LogP contribution in [0.25, 0.3) is 5.76 Å². The Kier molecular flexibility index (Phi) is 8.66. The number of methoxy groups -OCH3 is 3. The first-order chi connectivity index (χ1) is 18.8. The van der Waals surface area contributed by atoms with Gasteiger partial charge in [-0.15, -0.1) is 0 Å². The fourth-order valence-electron chi connectivity index (χ4n) is 4.60. The molecular formula is C30H30ClNO7. The number of carbonyl (C=O) groups is 2. The summed E-state index contributed by atoms with van der Waals surface area (Å²) in [6.45, 7) is 2.50. The lowest BCUT2D eigenvalue weighted by Gasteiger charge is -2.26. The van der Waals surface area contributed by atoms with Crippen molar-refractivity contribution >= 4 is 29.1 Å². The second-order valence-corrected chi connectivity index (χ2v) is 9.27. The molecule has 3 aromatic carbocycles. The van der Waals surface area contributed by atoms with Gasteiger partial charge in [-0.25, -0.2) is 0 Å². The highest BCUT2D eigenvalue weighted by Gasteiger charge is 2.46. The number of rotatable bonds is 10. The number of hydrogen-bond acceptors (Lipinski definition) is 7. The lowest BCUT2D eigenvalue weighted by molar-refractivity contribution is -0.139. The summed E-state index contributed by atoms with van der Waals surface area (Å²) in [6.07, 6.45) is 0.606. The molecular weight excluding hydrogens is 522 g/mol. The summed E-state index contributed by atoms with van der Waals surface area (Å²) < 4.78 is 22.3. The lowest BCUT2D eigenvalue weighted by atomic mass is 9.94. The van der Waals surface area contributed by atoms with E-state index >= 15 is 0 Å². The van der Waals surface area contributed by atoms with Gasteiger partial charge in [0.2, 0.25) is 0 Å². The van der Waals surface area contributed by atoms with Gasteiger partial charge in [0.05, 0.1) is 43.5 Å². The molecule has 1 fully saturated rings. The van der Waals surface area contributed by atoms with E-state index in [2.05, 4.69) is 0 Å². The number of halogens is 1. The molecule has 0 saturated carbocycles. The molecule has 204 valence electrons. The van der Waals surface area contributed by atoms with Crippen LogP contribution in [0.15, 0.2) is 66.2 Å². The van der Waals surface area contributed by atoms with Crippen LogP contribution in [0.1, 0.15) is 36.1 Å². The van der Waals surface area contributed by atoms with Gasteiger partial charge in [-0.2, -0.15) is 0 Å². The summed E-state index contributed by atoms with van der Waals surface area (Å²) in [4.78, 5) is 28.0. The highest BCUT2D eigenvalue weighted by atomic mass is 35.5.